The second kappa shape index (κ2) is 6.32. The van der Waals surface area contributed by atoms with E-state index in [0.29, 0.717) is 26.2 Å². The maximum absolute atomic E-state index is 11.6. The summed E-state index contributed by atoms with van der Waals surface area (Å²) in [4.78, 5) is 23.7. The van der Waals surface area contributed by atoms with Gasteiger partial charge < -0.3 is 20.1 Å². The van der Waals surface area contributed by atoms with E-state index in [9.17, 15) is 9.59 Å². The molecule has 1 fully saturated rings. The average molecular weight is 230 g/mol. The number of carbonyl (C=O) groups excluding carboxylic acids is 1. The van der Waals surface area contributed by atoms with Crippen LogP contribution in [-0.2, 0) is 9.53 Å². The van der Waals surface area contributed by atoms with Gasteiger partial charge in [0.1, 0.15) is 0 Å². The molecule has 1 saturated heterocycles. The van der Waals surface area contributed by atoms with Crippen molar-refractivity contribution in [3.63, 3.8) is 0 Å². The molecular formula is C10H18N2O4. The summed E-state index contributed by atoms with van der Waals surface area (Å²) in [5, 5.41) is 11.4. The lowest BCUT2D eigenvalue weighted by atomic mass is 10.2. The number of ether oxygens (including phenoxy) is 1. The zero-order valence-electron chi connectivity index (χ0n) is 9.44. The Morgan fingerprint density at radius 3 is 2.94 bits per heavy atom. The standard InChI is InChI=1S/C10H18N2O4/c1-2-3-11-10(15)12-4-5-16-8(7-12)6-9(13)14/h8H,2-7H2,1H3,(H,11,15)(H,13,14). The second-order valence-electron chi connectivity index (χ2n) is 3.77. The van der Waals surface area contributed by atoms with Gasteiger partial charge in [0.15, 0.2) is 0 Å². The number of aliphatic carboxylic acids is 1. The van der Waals surface area contributed by atoms with Gasteiger partial charge >= 0.3 is 12.0 Å². The summed E-state index contributed by atoms with van der Waals surface area (Å²) in [6.45, 7) is 3.89. The van der Waals surface area contributed by atoms with Crippen molar-refractivity contribution in [3.8, 4) is 0 Å². The van der Waals surface area contributed by atoms with Gasteiger partial charge in [-0.3, -0.25) is 4.79 Å². The smallest absolute Gasteiger partial charge is 0.317 e. The highest BCUT2D eigenvalue weighted by atomic mass is 16.5. The summed E-state index contributed by atoms with van der Waals surface area (Å²) in [7, 11) is 0. The van der Waals surface area contributed by atoms with Gasteiger partial charge in [-0.2, -0.15) is 0 Å². The van der Waals surface area contributed by atoms with Gasteiger partial charge in [-0.25, -0.2) is 4.79 Å². The summed E-state index contributed by atoms with van der Waals surface area (Å²) in [5.74, 6) is -0.902. The van der Waals surface area contributed by atoms with Crippen LogP contribution < -0.4 is 5.32 Å². The normalized spacial score (nSPS) is 20.6. The van der Waals surface area contributed by atoms with E-state index < -0.39 is 12.1 Å². The maximum atomic E-state index is 11.6. The molecule has 16 heavy (non-hydrogen) atoms. The third kappa shape index (κ3) is 4.06. The molecule has 1 rings (SSSR count). The van der Waals surface area contributed by atoms with Gasteiger partial charge in [-0.05, 0) is 6.42 Å². The first-order valence-corrected chi connectivity index (χ1v) is 5.49. The average Bonchev–Trinajstić information content (AvgIpc) is 2.25. The van der Waals surface area contributed by atoms with Crippen LogP contribution in [0.3, 0.4) is 0 Å². The number of carboxylic acids is 1. The number of nitrogens with zero attached hydrogens (tertiary/aromatic N) is 1. The Labute approximate surface area is 94.6 Å². The van der Waals surface area contributed by atoms with Crippen molar-refractivity contribution in [2.75, 3.05) is 26.2 Å². The monoisotopic (exact) mass is 230 g/mol. The number of carbonyl (C=O) groups is 2. The Kier molecular flexibility index (Phi) is 5.04. The molecule has 2 amide bonds. The van der Waals surface area contributed by atoms with Crippen LogP contribution in [0.4, 0.5) is 4.79 Å². The van der Waals surface area contributed by atoms with Crippen LogP contribution in [0.5, 0.6) is 0 Å². The largest absolute Gasteiger partial charge is 0.481 e. The summed E-state index contributed by atoms with van der Waals surface area (Å²) < 4.78 is 5.27. The molecule has 1 heterocycles. The van der Waals surface area contributed by atoms with Gasteiger partial charge in [0, 0.05) is 19.6 Å². The molecule has 0 aliphatic carbocycles. The number of carboxylic acid groups (broad SMARTS) is 1. The van der Waals surface area contributed by atoms with Gasteiger partial charge in [-0.15, -0.1) is 0 Å². The third-order valence-corrected chi connectivity index (χ3v) is 2.35. The highest BCUT2D eigenvalue weighted by Crippen LogP contribution is 2.08. The fourth-order valence-electron chi connectivity index (χ4n) is 1.57. The van der Waals surface area contributed by atoms with Crippen molar-refractivity contribution in [2.24, 2.45) is 0 Å². The molecule has 1 aliphatic heterocycles. The predicted octanol–water partition coefficient (Wildman–Crippen LogP) is 0.281. The molecule has 1 atom stereocenters. The number of nitrogens with one attached hydrogen (secondary N) is 1. The van der Waals surface area contributed by atoms with Crippen molar-refractivity contribution in [1.29, 1.82) is 0 Å². The molecule has 0 aromatic carbocycles. The highest BCUT2D eigenvalue weighted by Gasteiger charge is 2.25. The molecule has 0 aromatic rings. The van der Waals surface area contributed by atoms with Crippen LogP contribution in [0, 0.1) is 0 Å². The summed E-state index contributed by atoms with van der Waals surface area (Å²) in [5.41, 5.74) is 0. The summed E-state index contributed by atoms with van der Waals surface area (Å²) in [6.07, 6.45) is 0.435. The minimum atomic E-state index is -0.902. The van der Waals surface area contributed by atoms with E-state index in [1.807, 2.05) is 6.92 Å². The molecule has 0 aromatic heterocycles. The van der Waals surface area contributed by atoms with E-state index in [1.54, 1.807) is 4.90 Å². The van der Waals surface area contributed by atoms with E-state index in [-0.39, 0.29) is 12.5 Å². The maximum Gasteiger partial charge on any atom is 0.317 e. The Balaban J connectivity index is 2.37. The molecule has 1 unspecified atom stereocenters. The number of hydrogen-bond donors (Lipinski definition) is 2. The summed E-state index contributed by atoms with van der Waals surface area (Å²) in [6, 6.07) is -0.138. The fourth-order valence-corrected chi connectivity index (χ4v) is 1.57. The Morgan fingerprint density at radius 2 is 2.31 bits per heavy atom. The number of urea groups is 1. The molecule has 2 N–H and O–H groups in total. The van der Waals surface area contributed by atoms with Crippen molar-refractivity contribution in [1.82, 2.24) is 10.2 Å². The number of amides is 2. The van der Waals surface area contributed by atoms with Crippen molar-refractivity contribution >= 4 is 12.0 Å². The quantitative estimate of drug-likeness (QED) is 0.727. The predicted molar refractivity (Wildman–Crippen MR) is 57.3 cm³/mol. The van der Waals surface area contributed by atoms with Crippen LogP contribution in [-0.4, -0.2) is 54.4 Å². The van der Waals surface area contributed by atoms with Crippen LogP contribution in [0.2, 0.25) is 0 Å². The second-order valence-corrected chi connectivity index (χ2v) is 3.77. The Bertz CT molecular complexity index is 257. The topological polar surface area (TPSA) is 78.9 Å². The van der Waals surface area contributed by atoms with Crippen LogP contribution >= 0.6 is 0 Å². The highest BCUT2D eigenvalue weighted by molar-refractivity contribution is 5.74. The molecule has 0 saturated carbocycles. The van der Waals surface area contributed by atoms with Crippen LogP contribution in [0.25, 0.3) is 0 Å². The van der Waals surface area contributed by atoms with E-state index in [0.717, 1.165) is 6.42 Å². The Hall–Kier alpha value is -1.30. The SMILES string of the molecule is CCCNC(=O)N1CCOC(CC(=O)O)C1. The molecule has 6 nitrogen and oxygen atoms in total. The lowest BCUT2D eigenvalue weighted by Crippen LogP contribution is -2.50. The summed E-state index contributed by atoms with van der Waals surface area (Å²) >= 11 is 0. The van der Waals surface area contributed by atoms with E-state index in [2.05, 4.69) is 5.32 Å². The fraction of sp³-hybridized carbons (Fsp3) is 0.800. The number of morpholine rings is 1. The minimum absolute atomic E-state index is 0.0580. The first-order valence-electron chi connectivity index (χ1n) is 5.49. The van der Waals surface area contributed by atoms with Gasteiger partial charge in [-0.1, -0.05) is 6.92 Å². The molecule has 0 bridgehead atoms. The molecule has 6 heteroatoms. The van der Waals surface area contributed by atoms with E-state index in [1.165, 1.54) is 0 Å². The molecule has 0 spiro atoms. The Morgan fingerprint density at radius 1 is 1.56 bits per heavy atom. The lowest BCUT2D eigenvalue weighted by molar-refractivity contribution is -0.141. The van der Waals surface area contributed by atoms with Crippen molar-refractivity contribution < 1.29 is 19.4 Å². The zero-order valence-corrected chi connectivity index (χ0v) is 9.44. The van der Waals surface area contributed by atoms with E-state index >= 15 is 0 Å². The lowest BCUT2D eigenvalue weighted by Gasteiger charge is -2.32. The number of rotatable bonds is 4. The molecular weight excluding hydrogens is 212 g/mol. The van der Waals surface area contributed by atoms with Gasteiger partial charge in [0.25, 0.3) is 0 Å². The number of hydrogen-bond acceptors (Lipinski definition) is 3. The van der Waals surface area contributed by atoms with Crippen molar-refractivity contribution in [2.45, 2.75) is 25.9 Å². The molecule has 1 aliphatic rings. The molecule has 92 valence electrons. The van der Waals surface area contributed by atoms with Crippen LogP contribution in [0.1, 0.15) is 19.8 Å². The van der Waals surface area contributed by atoms with Gasteiger partial charge in [0.2, 0.25) is 0 Å². The minimum Gasteiger partial charge on any atom is -0.481 e. The van der Waals surface area contributed by atoms with E-state index in [4.69, 9.17) is 9.84 Å². The van der Waals surface area contributed by atoms with Crippen LogP contribution in [0.15, 0.2) is 0 Å². The zero-order chi connectivity index (χ0) is 12.0. The van der Waals surface area contributed by atoms with Gasteiger partial charge in [0.05, 0.1) is 19.1 Å². The first kappa shape index (κ1) is 12.8. The van der Waals surface area contributed by atoms with Crippen molar-refractivity contribution in [3.05, 3.63) is 0 Å². The third-order valence-electron chi connectivity index (χ3n) is 2.35. The first-order chi connectivity index (χ1) is 7.63. The molecule has 0 radical (unpaired) electrons.